The lowest BCUT2D eigenvalue weighted by Crippen LogP contribution is -2.38. The third-order valence-corrected chi connectivity index (χ3v) is 3.54. The Morgan fingerprint density at radius 2 is 2.08 bits per heavy atom. The van der Waals surface area contributed by atoms with Gasteiger partial charge in [0.15, 0.2) is 0 Å². The van der Waals surface area contributed by atoms with Crippen LogP contribution in [-0.2, 0) is 5.60 Å². The van der Waals surface area contributed by atoms with Gasteiger partial charge in [-0.05, 0) is 45.0 Å². The van der Waals surface area contributed by atoms with Gasteiger partial charge in [0.1, 0.15) is 22.9 Å². The van der Waals surface area contributed by atoms with E-state index in [1.54, 1.807) is 26.8 Å². The number of alkyl halides is 2. The van der Waals surface area contributed by atoms with Crippen LogP contribution in [0.15, 0.2) is 34.7 Å². The second-order valence-corrected chi connectivity index (χ2v) is 5.69. The van der Waals surface area contributed by atoms with Crippen molar-refractivity contribution < 1.29 is 27.8 Å². The number of hydrogen-bond acceptors (Lipinski definition) is 4. The van der Waals surface area contributed by atoms with Crippen LogP contribution in [0.4, 0.5) is 8.78 Å². The molecule has 7 heteroatoms. The van der Waals surface area contributed by atoms with Crippen LogP contribution < -0.4 is 10.1 Å². The van der Waals surface area contributed by atoms with Gasteiger partial charge in [-0.1, -0.05) is 6.07 Å². The van der Waals surface area contributed by atoms with Crippen molar-refractivity contribution in [2.75, 3.05) is 6.54 Å². The SMILES string of the molecule is Cc1cc(C(C)(O)CNC(=O)c2cccc(OC(F)F)c2)c(C)o1. The molecular weight excluding hydrogens is 320 g/mol. The van der Waals surface area contributed by atoms with Gasteiger partial charge in [0, 0.05) is 11.1 Å². The number of nitrogens with one attached hydrogen (secondary N) is 1. The number of rotatable bonds is 6. The molecule has 1 aromatic heterocycles. The number of carbonyl (C=O) groups excluding carboxylic acids is 1. The van der Waals surface area contributed by atoms with Crippen LogP contribution >= 0.6 is 0 Å². The molecule has 5 nitrogen and oxygen atoms in total. The third-order valence-electron chi connectivity index (χ3n) is 3.54. The Labute approximate surface area is 138 Å². The number of amides is 1. The Kier molecular flexibility index (Phi) is 5.23. The number of ether oxygens (including phenoxy) is 1. The van der Waals surface area contributed by atoms with Gasteiger partial charge in [-0.25, -0.2) is 0 Å². The first-order valence-electron chi connectivity index (χ1n) is 7.32. The highest BCUT2D eigenvalue weighted by Gasteiger charge is 2.28. The van der Waals surface area contributed by atoms with Gasteiger partial charge < -0.3 is 19.6 Å². The maximum absolute atomic E-state index is 12.2. The Morgan fingerprint density at radius 3 is 2.67 bits per heavy atom. The van der Waals surface area contributed by atoms with E-state index in [0.717, 1.165) is 0 Å². The summed E-state index contributed by atoms with van der Waals surface area (Å²) in [6.45, 7) is 2.02. The Hall–Kier alpha value is -2.41. The number of hydrogen-bond donors (Lipinski definition) is 2. The predicted octanol–water partition coefficient (Wildman–Crippen LogP) is 3.14. The molecule has 1 heterocycles. The number of halogens is 2. The third kappa shape index (κ3) is 4.32. The molecule has 1 amide bonds. The highest BCUT2D eigenvalue weighted by Crippen LogP contribution is 2.26. The molecule has 1 aromatic carbocycles. The van der Waals surface area contributed by atoms with Crippen molar-refractivity contribution >= 4 is 5.91 Å². The molecule has 24 heavy (non-hydrogen) atoms. The number of aliphatic hydroxyl groups is 1. The van der Waals surface area contributed by atoms with Gasteiger partial charge in [0.25, 0.3) is 5.91 Å². The number of benzene rings is 1. The van der Waals surface area contributed by atoms with Gasteiger partial charge in [0.05, 0.1) is 6.54 Å². The van der Waals surface area contributed by atoms with Crippen molar-refractivity contribution in [1.82, 2.24) is 5.32 Å². The summed E-state index contributed by atoms with van der Waals surface area (Å²) in [7, 11) is 0. The molecule has 0 aliphatic heterocycles. The van der Waals surface area contributed by atoms with Crippen LogP contribution in [0.2, 0.25) is 0 Å². The van der Waals surface area contributed by atoms with Crippen LogP contribution in [-0.4, -0.2) is 24.2 Å². The predicted molar refractivity (Wildman–Crippen MR) is 83.2 cm³/mol. The summed E-state index contributed by atoms with van der Waals surface area (Å²) < 4.78 is 34.1. The molecule has 0 saturated carbocycles. The summed E-state index contributed by atoms with van der Waals surface area (Å²) in [6, 6.07) is 7.16. The summed E-state index contributed by atoms with van der Waals surface area (Å²) in [4.78, 5) is 12.2. The lowest BCUT2D eigenvalue weighted by molar-refractivity contribution is -0.0498. The minimum atomic E-state index is -2.96. The van der Waals surface area contributed by atoms with E-state index in [1.807, 2.05) is 0 Å². The van der Waals surface area contributed by atoms with E-state index < -0.39 is 18.1 Å². The molecule has 0 fully saturated rings. The molecule has 2 N–H and O–H groups in total. The van der Waals surface area contributed by atoms with Crippen LogP contribution in [0, 0.1) is 13.8 Å². The first kappa shape index (κ1) is 17.9. The summed E-state index contributed by atoms with van der Waals surface area (Å²) in [6.07, 6.45) is 0. The molecule has 0 radical (unpaired) electrons. The van der Waals surface area contributed by atoms with Crippen molar-refractivity contribution in [2.45, 2.75) is 33.0 Å². The van der Waals surface area contributed by atoms with Crippen molar-refractivity contribution in [1.29, 1.82) is 0 Å². The second-order valence-electron chi connectivity index (χ2n) is 5.69. The zero-order valence-electron chi connectivity index (χ0n) is 13.6. The average Bonchev–Trinajstić information content (AvgIpc) is 2.84. The Morgan fingerprint density at radius 1 is 1.38 bits per heavy atom. The summed E-state index contributed by atoms with van der Waals surface area (Å²) >= 11 is 0. The summed E-state index contributed by atoms with van der Waals surface area (Å²) in [5, 5.41) is 13.1. The molecule has 2 aromatic rings. The normalized spacial score (nSPS) is 13.6. The smallest absolute Gasteiger partial charge is 0.387 e. The van der Waals surface area contributed by atoms with E-state index in [4.69, 9.17) is 4.42 Å². The van der Waals surface area contributed by atoms with Crippen molar-refractivity contribution in [2.24, 2.45) is 0 Å². The fourth-order valence-corrected chi connectivity index (χ4v) is 2.43. The molecule has 0 spiro atoms. The molecule has 0 saturated heterocycles. The molecule has 0 bridgehead atoms. The average molecular weight is 339 g/mol. The number of carbonyl (C=O) groups is 1. The van der Waals surface area contributed by atoms with E-state index in [0.29, 0.717) is 17.1 Å². The first-order chi connectivity index (χ1) is 11.2. The van der Waals surface area contributed by atoms with Crippen molar-refractivity contribution in [3.8, 4) is 5.75 Å². The second kappa shape index (κ2) is 7.00. The summed E-state index contributed by atoms with van der Waals surface area (Å²) in [5.74, 6) is 0.614. The van der Waals surface area contributed by atoms with Crippen LogP contribution in [0.5, 0.6) is 5.75 Å². The molecule has 130 valence electrons. The quantitative estimate of drug-likeness (QED) is 0.848. The maximum atomic E-state index is 12.2. The lowest BCUT2D eigenvalue weighted by Gasteiger charge is -2.23. The lowest BCUT2D eigenvalue weighted by atomic mass is 9.96. The van der Waals surface area contributed by atoms with E-state index in [-0.39, 0.29) is 17.9 Å². The standard InChI is InChI=1S/C17H19F2NO4/c1-10-7-14(11(2)23-10)17(3,22)9-20-15(21)12-5-4-6-13(8-12)24-16(18)19/h4-8,16,22H,9H2,1-3H3,(H,20,21). The minimum absolute atomic E-state index is 0.0639. The topological polar surface area (TPSA) is 71.7 Å². The minimum Gasteiger partial charge on any atom is -0.466 e. The Bertz CT molecular complexity index is 725. The van der Waals surface area contributed by atoms with Crippen molar-refractivity contribution in [3.05, 3.63) is 53.0 Å². The molecular formula is C17H19F2NO4. The highest BCUT2D eigenvalue weighted by molar-refractivity contribution is 5.94. The number of aryl methyl sites for hydroxylation is 2. The fraction of sp³-hybridized carbons (Fsp3) is 0.353. The first-order valence-corrected chi connectivity index (χ1v) is 7.32. The largest absolute Gasteiger partial charge is 0.466 e. The molecule has 1 atom stereocenters. The zero-order chi connectivity index (χ0) is 17.9. The van der Waals surface area contributed by atoms with Gasteiger partial charge in [-0.3, -0.25) is 4.79 Å². The summed E-state index contributed by atoms with van der Waals surface area (Å²) in [5.41, 5.74) is -0.590. The highest BCUT2D eigenvalue weighted by atomic mass is 19.3. The van der Waals surface area contributed by atoms with Crippen LogP contribution in [0.1, 0.15) is 34.4 Å². The van der Waals surface area contributed by atoms with Crippen molar-refractivity contribution in [3.63, 3.8) is 0 Å². The van der Waals surface area contributed by atoms with Crippen LogP contribution in [0.25, 0.3) is 0 Å². The molecule has 0 aliphatic rings. The Balaban J connectivity index is 2.06. The van der Waals surface area contributed by atoms with Gasteiger partial charge >= 0.3 is 6.61 Å². The molecule has 1 unspecified atom stereocenters. The van der Waals surface area contributed by atoms with E-state index in [9.17, 15) is 18.7 Å². The monoisotopic (exact) mass is 339 g/mol. The van der Waals surface area contributed by atoms with Gasteiger partial charge in [-0.2, -0.15) is 8.78 Å². The van der Waals surface area contributed by atoms with E-state index in [1.165, 1.54) is 24.3 Å². The molecule has 2 rings (SSSR count). The number of furan rings is 1. The maximum Gasteiger partial charge on any atom is 0.387 e. The van der Waals surface area contributed by atoms with E-state index in [2.05, 4.69) is 10.1 Å². The molecule has 0 aliphatic carbocycles. The van der Waals surface area contributed by atoms with Gasteiger partial charge in [0.2, 0.25) is 0 Å². The van der Waals surface area contributed by atoms with Gasteiger partial charge in [-0.15, -0.1) is 0 Å². The fourth-order valence-electron chi connectivity index (χ4n) is 2.43. The van der Waals surface area contributed by atoms with Crippen LogP contribution in [0.3, 0.4) is 0 Å². The van der Waals surface area contributed by atoms with E-state index >= 15 is 0 Å². The zero-order valence-corrected chi connectivity index (χ0v) is 13.6.